The van der Waals surface area contributed by atoms with Gasteiger partial charge in [0.1, 0.15) is 0 Å². The van der Waals surface area contributed by atoms with E-state index in [1.54, 1.807) is 30.3 Å². The number of imide groups is 1. The first-order valence-electron chi connectivity index (χ1n) is 8.77. The highest BCUT2D eigenvalue weighted by molar-refractivity contribution is 7.89. The molecule has 0 bridgehead atoms. The molecule has 0 aliphatic carbocycles. The number of piperidine rings is 1. The molecule has 0 spiro atoms. The average molecular weight is 398 g/mol. The Labute approximate surface area is 159 Å². The first kappa shape index (κ1) is 21.3. The predicted molar refractivity (Wildman–Crippen MR) is 99.6 cm³/mol. The summed E-state index contributed by atoms with van der Waals surface area (Å²) in [6.45, 7) is 1.92. The van der Waals surface area contributed by atoms with Crippen LogP contribution in [0.1, 0.15) is 12.8 Å². The molecule has 1 heterocycles. The van der Waals surface area contributed by atoms with E-state index < -0.39 is 22.0 Å². The van der Waals surface area contributed by atoms with E-state index in [2.05, 4.69) is 15.4 Å². The summed E-state index contributed by atoms with van der Waals surface area (Å²) in [7, 11) is -2.02. The van der Waals surface area contributed by atoms with Crippen LogP contribution < -0.4 is 15.4 Å². The van der Waals surface area contributed by atoms with Gasteiger partial charge in [0.05, 0.1) is 18.0 Å². The molecule has 3 amide bonds. The maximum atomic E-state index is 12.3. The summed E-state index contributed by atoms with van der Waals surface area (Å²) in [5, 5.41) is 4.77. The van der Waals surface area contributed by atoms with Gasteiger partial charge in [-0.25, -0.2) is 17.9 Å². The van der Waals surface area contributed by atoms with Gasteiger partial charge in [-0.15, -0.1) is 0 Å². The van der Waals surface area contributed by atoms with Crippen LogP contribution in [0.15, 0.2) is 35.2 Å². The van der Waals surface area contributed by atoms with E-state index in [9.17, 15) is 18.0 Å². The van der Waals surface area contributed by atoms with Crippen molar-refractivity contribution in [2.45, 2.75) is 23.8 Å². The lowest BCUT2D eigenvalue weighted by molar-refractivity contribution is -0.121. The fourth-order valence-corrected chi connectivity index (χ4v) is 4.10. The SMILES string of the molecule is COCCNC(=O)NC(=O)CN1CCC(NS(=O)(=O)c2ccccc2)CC1. The van der Waals surface area contributed by atoms with Crippen LogP contribution in [0.2, 0.25) is 0 Å². The van der Waals surface area contributed by atoms with Gasteiger partial charge in [0.2, 0.25) is 15.9 Å². The highest BCUT2D eigenvalue weighted by Gasteiger charge is 2.25. The number of carbonyl (C=O) groups excluding carboxylic acids is 2. The third-order valence-electron chi connectivity index (χ3n) is 4.17. The molecule has 1 aromatic carbocycles. The Kier molecular flexibility index (Phi) is 8.17. The van der Waals surface area contributed by atoms with Crippen LogP contribution in [0.25, 0.3) is 0 Å². The molecule has 27 heavy (non-hydrogen) atoms. The minimum atomic E-state index is -3.54. The molecular weight excluding hydrogens is 372 g/mol. The Morgan fingerprint density at radius 3 is 2.48 bits per heavy atom. The summed E-state index contributed by atoms with van der Waals surface area (Å²) in [4.78, 5) is 25.5. The van der Waals surface area contributed by atoms with Crippen LogP contribution in [0.5, 0.6) is 0 Å². The predicted octanol–water partition coefficient (Wildman–Crippen LogP) is -0.0985. The van der Waals surface area contributed by atoms with Crippen LogP contribution in [-0.4, -0.2) is 71.2 Å². The molecule has 0 saturated carbocycles. The van der Waals surface area contributed by atoms with Gasteiger partial charge in [-0.2, -0.15) is 0 Å². The summed E-state index contributed by atoms with van der Waals surface area (Å²) in [5.41, 5.74) is 0. The number of carbonyl (C=O) groups is 2. The Hall–Kier alpha value is -2.01. The molecule has 0 radical (unpaired) electrons. The van der Waals surface area contributed by atoms with Gasteiger partial charge < -0.3 is 10.1 Å². The molecule has 10 heteroatoms. The molecule has 0 atom stereocenters. The minimum Gasteiger partial charge on any atom is -0.383 e. The topological polar surface area (TPSA) is 117 Å². The van der Waals surface area contributed by atoms with E-state index in [1.165, 1.54) is 7.11 Å². The summed E-state index contributed by atoms with van der Waals surface area (Å²) < 4.78 is 32.2. The van der Waals surface area contributed by atoms with Gasteiger partial charge in [0.15, 0.2) is 0 Å². The van der Waals surface area contributed by atoms with E-state index in [1.807, 2.05) is 4.90 Å². The average Bonchev–Trinajstić information content (AvgIpc) is 2.64. The van der Waals surface area contributed by atoms with E-state index in [4.69, 9.17) is 4.74 Å². The van der Waals surface area contributed by atoms with Crippen molar-refractivity contribution in [2.24, 2.45) is 0 Å². The van der Waals surface area contributed by atoms with Gasteiger partial charge in [-0.1, -0.05) is 18.2 Å². The molecule has 0 aromatic heterocycles. The molecular formula is C17H26N4O5S. The molecule has 1 aliphatic heterocycles. The first-order valence-corrected chi connectivity index (χ1v) is 10.3. The molecule has 9 nitrogen and oxygen atoms in total. The molecule has 1 aromatic rings. The number of nitrogens with zero attached hydrogens (tertiary/aromatic N) is 1. The third kappa shape index (κ3) is 7.25. The van der Waals surface area contributed by atoms with Gasteiger partial charge in [0.25, 0.3) is 0 Å². The third-order valence-corrected chi connectivity index (χ3v) is 5.71. The van der Waals surface area contributed by atoms with Crippen molar-refractivity contribution in [3.05, 3.63) is 30.3 Å². The van der Waals surface area contributed by atoms with E-state index in [0.717, 1.165) is 0 Å². The number of hydrogen-bond acceptors (Lipinski definition) is 6. The van der Waals surface area contributed by atoms with Crippen molar-refractivity contribution in [1.82, 2.24) is 20.3 Å². The quantitative estimate of drug-likeness (QED) is 0.527. The Morgan fingerprint density at radius 1 is 1.19 bits per heavy atom. The minimum absolute atomic E-state index is 0.0931. The molecule has 1 aliphatic rings. The van der Waals surface area contributed by atoms with Gasteiger partial charge in [0, 0.05) is 32.8 Å². The van der Waals surface area contributed by atoms with Gasteiger partial charge >= 0.3 is 6.03 Å². The van der Waals surface area contributed by atoms with Crippen LogP contribution in [-0.2, 0) is 19.6 Å². The van der Waals surface area contributed by atoms with Crippen LogP contribution >= 0.6 is 0 Å². The molecule has 0 unspecified atom stereocenters. The number of sulfonamides is 1. The Balaban J connectivity index is 1.72. The van der Waals surface area contributed by atoms with Gasteiger partial charge in [-0.05, 0) is 25.0 Å². The van der Waals surface area contributed by atoms with Crippen molar-refractivity contribution in [2.75, 3.05) is 39.9 Å². The number of hydrogen-bond donors (Lipinski definition) is 3. The number of urea groups is 1. The number of methoxy groups -OCH3 is 1. The monoisotopic (exact) mass is 398 g/mol. The second-order valence-corrected chi connectivity index (χ2v) is 8.00. The smallest absolute Gasteiger partial charge is 0.321 e. The van der Waals surface area contributed by atoms with Crippen molar-refractivity contribution < 1.29 is 22.7 Å². The fraction of sp³-hybridized carbons (Fsp3) is 0.529. The Bertz CT molecular complexity index is 718. The number of ether oxygens (including phenoxy) is 1. The van der Waals surface area contributed by atoms with Gasteiger partial charge in [-0.3, -0.25) is 15.0 Å². The number of nitrogens with one attached hydrogen (secondary N) is 3. The van der Waals surface area contributed by atoms with Crippen molar-refractivity contribution in [3.63, 3.8) is 0 Å². The lowest BCUT2D eigenvalue weighted by atomic mass is 10.1. The highest BCUT2D eigenvalue weighted by atomic mass is 32.2. The zero-order valence-corrected chi connectivity index (χ0v) is 16.1. The summed E-state index contributed by atoms with van der Waals surface area (Å²) >= 11 is 0. The molecule has 1 saturated heterocycles. The fourth-order valence-electron chi connectivity index (χ4n) is 2.78. The standard InChI is InChI=1S/C17H26N4O5S/c1-26-12-9-18-17(23)19-16(22)13-21-10-7-14(8-11-21)20-27(24,25)15-5-3-2-4-6-15/h2-6,14,20H,7-13H2,1H3,(H2,18,19,22,23). The number of amides is 3. The summed E-state index contributed by atoms with van der Waals surface area (Å²) in [6.07, 6.45) is 1.19. The largest absolute Gasteiger partial charge is 0.383 e. The normalized spacial score (nSPS) is 16.0. The molecule has 150 valence electrons. The Morgan fingerprint density at radius 2 is 1.85 bits per heavy atom. The van der Waals surface area contributed by atoms with Crippen LogP contribution in [0.3, 0.4) is 0 Å². The lowest BCUT2D eigenvalue weighted by Gasteiger charge is -2.31. The van der Waals surface area contributed by atoms with E-state index in [-0.39, 0.29) is 17.5 Å². The highest BCUT2D eigenvalue weighted by Crippen LogP contribution is 2.14. The number of rotatable bonds is 8. The summed E-state index contributed by atoms with van der Waals surface area (Å²) in [5.74, 6) is -0.395. The van der Waals surface area contributed by atoms with E-state index in [0.29, 0.717) is 39.1 Å². The van der Waals surface area contributed by atoms with E-state index >= 15 is 0 Å². The van der Waals surface area contributed by atoms with Crippen molar-refractivity contribution >= 4 is 22.0 Å². The zero-order valence-electron chi connectivity index (χ0n) is 15.3. The maximum Gasteiger partial charge on any atom is 0.321 e. The maximum absolute atomic E-state index is 12.3. The van der Waals surface area contributed by atoms with Crippen molar-refractivity contribution in [3.8, 4) is 0 Å². The second-order valence-electron chi connectivity index (χ2n) is 6.28. The second kappa shape index (κ2) is 10.4. The molecule has 3 N–H and O–H groups in total. The van der Waals surface area contributed by atoms with Crippen LogP contribution in [0.4, 0.5) is 4.79 Å². The molecule has 2 rings (SSSR count). The van der Waals surface area contributed by atoms with Crippen molar-refractivity contribution in [1.29, 1.82) is 0 Å². The summed E-state index contributed by atoms with van der Waals surface area (Å²) in [6, 6.07) is 7.51. The zero-order chi connectivity index (χ0) is 19.7. The first-order chi connectivity index (χ1) is 12.9. The lowest BCUT2D eigenvalue weighted by Crippen LogP contribution is -2.49. The number of benzene rings is 1. The van der Waals surface area contributed by atoms with Crippen LogP contribution in [0, 0.1) is 0 Å². The molecule has 1 fully saturated rings. The number of likely N-dealkylation sites (tertiary alicyclic amines) is 1.